The van der Waals surface area contributed by atoms with E-state index in [1.165, 1.54) is 30.5 Å². The molecule has 3 aromatic rings. The van der Waals surface area contributed by atoms with Gasteiger partial charge in [0.1, 0.15) is 11.4 Å². The second kappa shape index (κ2) is 6.08. The second-order valence-corrected chi connectivity index (χ2v) is 5.70. The molecule has 122 valence electrons. The predicted molar refractivity (Wildman–Crippen MR) is 87.8 cm³/mol. The summed E-state index contributed by atoms with van der Waals surface area (Å²) in [5.74, 6) is -1.04. The number of carbonyl (C=O) groups excluding carboxylic acids is 2. The number of aromatic nitrogens is 4. The molecule has 9 nitrogen and oxygen atoms in total. The van der Waals surface area contributed by atoms with Crippen LogP contribution in [0.3, 0.4) is 0 Å². The summed E-state index contributed by atoms with van der Waals surface area (Å²) in [7, 11) is 1.46. The van der Waals surface area contributed by atoms with Crippen LogP contribution in [0.5, 0.6) is 0 Å². The van der Waals surface area contributed by atoms with Gasteiger partial charge < -0.3 is 10.7 Å². The number of hydrogen-bond donors (Lipinski definition) is 3. The summed E-state index contributed by atoms with van der Waals surface area (Å²) in [6.07, 6.45) is 1.61. The van der Waals surface area contributed by atoms with Gasteiger partial charge in [0.2, 0.25) is 0 Å². The number of H-pyrrole nitrogens is 1. The van der Waals surface area contributed by atoms with E-state index < -0.39 is 11.8 Å². The van der Waals surface area contributed by atoms with Gasteiger partial charge >= 0.3 is 0 Å². The number of amides is 2. The van der Waals surface area contributed by atoms with E-state index in [1.54, 1.807) is 17.6 Å². The van der Waals surface area contributed by atoms with Gasteiger partial charge in [-0.25, -0.2) is 9.67 Å². The molecular formula is C14H12N6O3S. The summed E-state index contributed by atoms with van der Waals surface area (Å²) >= 11 is 1.22. The number of thiazole rings is 1. The fraction of sp³-hybridized carbons (Fsp3) is 0.0714. The minimum atomic E-state index is -0.564. The summed E-state index contributed by atoms with van der Waals surface area (Å²) < 4.78 is 1.08. The molecule has 0 aliphatic carbocycles. The van der Waals surface area contributed by atoms with Crippen molar-refractivity contribution in [3.63, 3.8) is 0 Å². The molecule has 3 rings (SSSR count). The predicted octanol–water partition coefficient (Wildman–Crippen LogP) is 0.583. The monoisotopic (exact) mass is 344 g/mol. The van der Waals surface area contributed by atoms with Crippen molar-refractivity contribution in [1.29, 1.82) is 0 Å². The Bertz CT molecular complexity index is 986. The van der Waals surface area contributed by atoms with Crippen molar-refractivity contribution in [1.82, 2.24) is 19.7 Å². The smallest absolute Gasteiger partial charge is 0.277 e. The van der Waals surface area contributed by atoms with Crippen LogP contribution in [0.2, 0.25) is 0 Å². The zero-order valence-corrected chi connectivity index (χ0v) is 13.3. The minimum Gasteiger partial charge on any atom is -0.364 e. The van der Waals surface area contributed by atoms with Crippen molar-refractivity contribution in [3.8, 4) is 11.3 Å². The summed E-state index contributed by atoms with van der Waals surface area (Å²) in [4.78, 5) is 41.5. The van der Waals surface area contributed by atoms with Crippen molar-refractivity contribution in [2.75, 3.05) is 5.32 Å². The number of hydrogen-bond acceptors (Lipinski definition) is 6. The second-order valence-electron chi connectivity index (χ2n) is 4.84. The van der Waals surface area contributed by atoms with E-state index in [1.807, 2.05) is 0 Å². The molecule has 0 aliphatic rings. The van der Waals surface area contributed by atoms with Gasteiger partial charge in [-0.1, -0.05) is 0 Å². The molecule has 10 heteroatoms. The Labute approximate surface area is 139 Å². The molecule has 0 aliphatic heterocycles. The van der Waals surface area contributed by atoms with Crippen LogP contribution in [0.15, 0.2) is 34.6 Å². The molecule has 4 N–H and O–H groups in total. The quantitative estimate of drug-likeness (QED) is 0.636. The highest BCUT2D eigenvalue weighted by Crippen LogP contribution is 2.25. The van der Waals surface area contributed by atoms with Crippen LogP contribution in [-0.4, -0.2) is 31.6 Å². The number of nitrogens with two attached hydrogens (primary N) is 1. The zero-order chi connectivity index (χ0) is 17.3. The third kappa shape index (κ3) is 3.08. The van der Waals surface area contributed by atoms with Gasteiger partial charge in [0.05, 0.1) is 5.69 Å². The van der Waals surface area contributed by atoms with E-state index in [2.05, 4.69) is 20.4 Å². The maximum atomic E-state index is 12.1. The van der Waals surface area contributed by atoms with Gasteiger partial charge in [-0.15, -0.1) is 11.3 Å². The molecule has 24 heavy (non-hydrogen) atoms. The molecule has 0 fully saturated rings. The zero-order valence-electron chi connectivity index (χ0n) is 12.4. The third-order valence-corrected chi connectivity index (χ3v) is 3.92. The first-order chi connectivity index (χ1) is 11.4. The molecule has 0 unspecified atom stereocenters. The number of anilines is 1. The molecule has 0 radical (unpaired) electrons. The van der Waals surface area contributed by atoms with E-state index in [0.717, 1.165) is 4.68 Å². The van der Waals surface area contributed by atoms with E-state index >= 15 is 0 Å². The summed E-state index contributed by atoms with van der Waals surface area (Å²) in [6, 6.07) is 4.19. The first-order valence-corrected chi connectivity index (χ1v) is 7.62. The van der Waals surface area contributed by atoms with Crippen molar-refractivity contribution in [2.24, 2.45) is 12.8 Å². The summed E-state index contributed by atoms with van der Waals surface area (Å²) in [6.45, 7) is 0. The lowest BCUT2D eigenvalue weighted by molar-refractivity contribution is 0.0993. The lowest BCUT2D eigenvalue weighted by Crippen LogP contribution is -2.23. The lowest BCUT2D eigenvalue weighted by Gasteiger charge is -2.02. The topological polar surface area (TPSA) is 136 Å². The summed E-state index contributed by atoms with van der Waals surface area (Å²) in [5.41, 5.74) is 6.53. The molecule has 0 saturated heterocycles. The van der Waals surface area contributed by atoms with Crippen LogP contribution in [0, 0.1) is 0 Å². The Morgan fingerprint density at radius 2 is 2.17 bits per heavy atom. The van der Waals surface area contributed by atoms with Crippen LogP contribution < -0.4 is 16.6 Å². The average Bonchev–Trinajstić information content (AvgIpc) is 3.18. The van der Waals surface area contributed by atoms with Crippen LogP contribution in [0.4, 0.5) is 5.13 Å². The normalized spacial score (nSPS) is 10.5. The molecule has 3 heterocycles. The fourth-order valence-electron chi connectivity index (χ4n) is 1.93. The number of nitrogens with zero attached hydrogens (tertiary/aromatic N) is 3. The number of nitrogens with one attached hydrogen (secondary N) is 2. The van der Waals surface area contributed by atoms with Gasteiger partial charge in [-0.3, -0.25) is 19.7 Å². The van der Waals surface area contributed by atoms with Crippen molar-refractivity contribution in [2.45, 2.75) is 0 Å². The molecule has 0 spiro atoms. The molecule has 2 amide bonds. The lowest BCUT2D eigenvalue weighted by atomic mass is 10.2. The number of carbonyl (C=O) groups is 2. The molecule has 0 bridgehead atoms. The van der Waals surface area contributed by atoms with Gasteiger partial charge in [-0.2, -0.15) is 5.10 Å². The Balaban J connectivity index is 1.77. The van der Waals surface area contributed by atoms with Crippen LogP contribution in [0.1, 0.15) is 21.0 Å². The molecule has 0 aromatic carbocycles. The van der Waals surface area contributed by atoms with Gasteiger partial charge in [-0.05, 0) is 12.1 Å². The van der Waals surface area contributed by atoms with Gasteiger partial charge in [0, 0.05) is 30.3 Å². The first kappa shape index (κ1) is 15.6. The highest BCUT2D eigenvalue weighted by atomic mass is 32.1. The number of aryl methyl sites for hydroxylation is 1. The molecule has 0 saturated carbocycles. The van der Waals surface area contributed by atoms with Crippen molar-refractivity contribution < 1.29 is 9.59 Å². The Morgan fingerprint density at radius 3 is 2.83 bits per heavy atom. The van der Waals surface area contributed by atoms with E-state index in [9.17, 15) is 14.4 Å². The van der Waals surface area contributed by atoms with Crippen molar-refractivity contribution in [3.05, 3.63) is 51.5 Å². The Morgan fingerprint density at radius 1 is 1.38 bits per heavy atom. The summed E-state index contributed by atoms with van der Waals surface area (Å²) in [5, 5.41) is 8.58. The Kier molecular flexibility index (Phi) is 3.96. The molecule has 0 atom stereocenters. The fourth-order valence-corrected chi connectivity index (χ4v) is 2.65. The number of aromatic amines is 1. The molecular weight excluding hydrogens is 332 g/mol. The Hall–Kier alpha value is -3.27. The first-order valence-electron chi connectivity index (χ1n) is 6.74. The van der Waals surface area contributed by atoms with E-state index in [-0.39, 0.29) is 16.9 Å². The van der Waals surface area contributed by atoms with Crippen LogP contribution >= 0.6 is 11.3 Å². The maximum absolute atomic E-state index is 12.1. The highest BCUT2D eigenvalue weighted by Gasteiger charge is 2.13. The highest BCUT2D eigenvalue weighted by molar-refractivity contribution is 7.14. The van der Waals surface area contributed by atoms with E-state index in [0.29, 0.717) is 16.4 Å². The largest absolute Gasteiger partial charge is 0.364 e. The maximum Gasteiger partial charge on any atom is 0.277 e. The van der Waals surface area contributed by atoms with E-state index in [4.69, 9.17) is 5.73 Å². The number of rotatable bonds is 4. The van der Waals surface area contributed by atoms with Crippen molar-refractivity contribution >= 4 is 28.3 Å². The minimum absolute atomic E-state index is 0.103. The third-order valence-electron chi connectivity index (χ3n) is 3.16. The van der Waals surface area contributed by atoms with Crippen LogP contribution in [-0.2, 0) is 7.05 Å². The van der Waals surface area contributed by atoms with Gasteiger partial charge in [0.25, 0.3) is 17.4 Å². The van der Waals surface area contributed by atoms with Crippen LogP contribution in [0.25, 0.3) is 11.3 Å². The standard InChI is InChI=1S/C14H12N6O3S/c1-20-11(21)3-2-8(19-20)13(23)18-14-17-10(6-24-14)7-4-9(12(15)22)16-5-7/h2-6,16H,1H3,(H2,15,22)(H,17,18,23). The average molecular weight is 344 g/mol. The SMILES string of the molecule is Cn1nc(C(=O)Nc2nc(-c3c[nH]c(C(N)=O)c3)cs2)ccc1=O. The number of primary amides is 1. The molecule has 3 aromatic heterocycles. The van der Waals surface area contributed by atoms with Gasteiger partial charge in [0.15, 0.2) is 5.13 Å².